The predicted molar refractivity (Wildman–Crippen MR) is 95.7 cm³/mol. The van der Waals surface area contributed by atoms with Crippen LogP contribution in [0.25, 0.3) is 23.3 Å². The molecular formula is C22H18Cl2Zr. The van der Waals surface area contributed by atoms with E-state index >= 15 is 0 Å². The Hall–Kier alpha value is -1.27. The van der Waals surface area contributed by atoms with Crippen LogP contribution >= 0.6 is 0 Å². The molecule has 124 valence electrons. The number of halogens is 2. The first kappa shape index (κ1) is 23.7. The molecule has 0 amide bonds. The summed E-state index contributed by atoms with van der Waals surface area (Å²) in [6.07, 6.45) is 4.74. The third-order valence-electron chi connectivity index (χ3n) is 3.87. The molecule has 0 aliphatic heterocycles. The Morgan fingerprint density at radius 2 is 1.56 bits per heavy atom. The van der Waals surface area contributed by atoms with Gasteiger partial charge in [-0.3, -0.25) is 0 Å². The van der Waals surface area contributed by atoms with E-state index in [0.29, 0.717) is 0 Å². The van der Waals surface area contributed by atoms with Gasteiger partial charge in [-0.05, 0) is 12.0 Å². The normalized spacial score (nSPS) is 9.60. The topological polar surface area (TPSA) is 0 Å². The Kier molecular flexibility index (Phi) is 10.8. The van der Waals surface area contributed by atoms with Crippen molar-refractivity contribution in [2.24, 2.45) is 0 Å². The summed E-state index contributed by atoms with van der Waals surface area (Å²) in [5.74, 6) is 0. The van der Waals surface area contributed by atoms with E-state index in [1.165, 1.54) is 27.8 Å². The van der Waals surface area contributed by atoms with Crippen molar-refractivity contribution in [3.63, 3.8) is 0 Å². The zero-order valence-electron chi connectivity index (χ0n) is 13.8. The Morgan fingerprint density at radius 1 is 0.920 bits per heavy atom. The van der Waals surface area contributed by atoms with Crippen molar-refractivity contribution < 1.29 is 51.0 Å². The molecule has 0 heterocycles. The number of hydrogen-bond donors (Lipinski definition) is 0. The Balaban J connectivity index is 0.000000630. The third kappa shape index (κ3) is 5.61. The van der Waals surface area contributed by atoms with Gasteiger partial charge in [-0.1, -0.05) is 42.0 Å². The van der Waals surface area contributed by atoms with Crippen LogP contribution < -0.4 is 24.8 Å². The van der Waals surface area contributed by atoms with Gasteiger partial charge >= 0.3 is 26.2 Å². The molecule has 0 spiro atoms. The predicted octanol–water partition coefficient (Wildman–Crippen LogP) is -0.245. The largest absolute Gasteiger partial charge is 4.00 e. The molecule has 25 heavy (non-hydrogen) atoms. The quantitative estimate of drug-likeness (QED) is 0.375. The number of hydrogen-bond acceptors (Lipinski definition) is 0. The molecule has 0 radical (unpaired) electrons. The minimum atomic E-state index is 0. The summed E-state index contributed by atoms with van der Waals surface area (Å²) in [5.41, 5.74) is 7.56. The van der Waals surface area contributed by atoms with Crippen LogP contribution in [-0.2, 0) is 32.6 Å². The van der Waals surface area contributed by atoms with Gasteiger partial charge in [0.05, 0.1) is 0 Å². The first-order valence-corrected chi connectivity index (χ1v) is 7.41. The molecule has 3 aromatic carbocycles. The summed E-state index contributed by atoms with van der Waals surface area (Å²) in [6, 6.07) is 24.1. The van der Waals surface area contributed by atoms with E-state index in [1.54, 1.807) is 0 Å². The van der Waals surface area contributed by atoms with Gasteiger partial charge in [0.15, 0.2) is 0 Å². The van der Waals surface area contributed by atoms with Crippen LogP contribution in [0.15, 0.2) is 73.8 Å². The maximum Gasteiger partial charge on any atom is 4.00 e. The van der Waals surface area contributed by atoms with Crippen LogP contribution in [-0.4, -0.2) is 0 Å². The number of rotatable bonds is 2. The van der Waals surface area contributed by atoms with Crippen molar-refractivity contribution in [2.45, 2.75) is 6.42 Å². The summed E-state index contributed by atoms with van der Waals surface area (Å²) >= 11 is 0. The van der Waals surface area contributed by atoms with E-state index in [1.807, 2.05) is 48.6 Å². The van der Waals surface area contributed by atoms with E-state index in [-0.39, 0.29) is 51.0 Å². The molecule has 0 N–H and O–H groups in total. The van der Waals surface area contributed by atoms with Gasteiger partial charge in [-0.2, -0.15) is 42.0 Å². The van der Waals surface area contributed by atoms with Gasteiger partial charge in [-0.15, -0.1) is 23.8 Å². The summed E-state index contributed by atoms with van der Waals surface area (Å²) in [6.45, 7) is 7.63. The second kappa shape index (κ2) is 11.4. The first-order valence-electron chi connectivity index (χ1n) is 7.41. The van der Waals surface area contributed by atoms with Gasteiger partial charge in [0.25, 0.3) is 0 Å². The molecule has 0 saturated heterocycles. The van der Waals surface area contributed by atoms with Crippen molar-refractivity contribution in [1.82, 2.24) is 0 Å². The van der Waals surface area contributed by atoms with Crippen LogP contribution in [0, 0.1) is 6.07 Å². The molecule has 3 heteroatoms. The summed E-state index contributed by atoms with van der Waals surface area (Å²) in [4.78, 5) is 0. The molecule has 1 aliphatic carbocycles. The molecule has 0 nitrogen and oxygen atoms in total. The average molecular weight is 445 g/mol. The molecule has 0 fully saturated rings. The van der Waals surface area contributed by atoms with Crippen LogP contribution in [0.4, 0.5) is 0 Å². The van der Waals surface area contributed by atoms with Gasteiger partial charge in [-0.25, -0.2) is 12.1 Å². The Labute approximate surface area is 182 Å². The summed E-state index contributed by atoms with van der Waals surface area (Å²) in [5, 5.41) is 0. The monoisotopic (exact) mass is 442 g/mol. The second-order valence-electron chi connectivity index (χ2n) is 5.29. The summed E-state index contributed by atoms with van der Waals surface area (Å²) in [7, 11) is 0. The standard InChI is InChI=1S/C17H13.C5H5.2ClH.Zr/c1-3-12-5-7-14-11-15-8-6-13(4-2)10-17(15)16(14)9-12;1-2-4-5-3-1;;;/h3-7,9-10H,1-2,11H2;1-5H;2*1H;/q2*-1;;;+4/p-2. The minimum absolute atomic E-state index is 0. The molecule has 0 unspecified atom stereocenters. The van der Waals surface area contributed by atoms with Crippen molar-refractivity contribution in [3.8, 4) is 11.1 Å². The van der Waals surface area contributed by atoms with E-state index in [2.05, 4.69) is 43.5 Å². The molecular weight excluding hydrogens is 426 g/mol. The van der Waals surface area contributed by atoms with Crippen molar-refractivity contribution >= 4 is 12.2 Å². The SMILES string of the molecule is C=Cc1c[c-]c2c(c1)-c1cc(C=C)ccc1C2.[Cl-].[Cl-].[Zr+4].c1cc[cH-]c1. The van der Waals surface area contributed by atoms with E-state index in [9.17, 15) is 0 Å². The fourth-order valence-corrected chi connectivity index (χ4v) is 2.69. The zero-order chi connectivity index (χ0) is 15.4. The molecule has 1 aliphatic rings. The van der Waals surface area contributed by atoms with Crippen molar-refractivity contribution in [2.75, 3.05) is 0 Å². The molecule has 0 saturated carbocycles. The number of fused-ring (bicyclic) bond motifs is 3. The van der Waals surface area contributed by atoms with E-state index in [0.717, 1.165) is 12.0 Å². The second-order valence-corrected chi connectivity index (χ2v) is 5.29. The van der Waals surface area contributed by atoms with E-state index < -0.39 is 0 Å². The first-order chi connectivity index (χ1) is 10.8. The molecule has 0 bridgehead atoms. The van der Waals surface area contributed by atoms with Crippen molar-refractivity contribution in [3.05, 3.63) is 102 Å². The van der Waals surface area contributed by atoms with Gasteiger partial charge in [0.1, 0.15) is 0 Å². The molecule has 3 aromatic rings. The van der Waals surface area contributed by atoms with Crippen LogP contribution in [0.3, 0.4) is 0 Å². The maximum atomic E-state index is 3.82. The smallest absolute Gasteiger partial charge is 1.00 e. The van der Waals surface area contributed by atoms with Crippen molar-refractivity contribution in [1.29, 1.82) is 0 Å². The average Bonchev–Trinajstić information content (AvgIpc) is 3.25. The van der Waals surface area contributed by atoms with Crippen LogP contribution in [0.2, 0.25) is 0 Å². The maximum absolute atomic E-state index is 3.82. The van der Waals surface area contributed by atoms with Gasteiger partial charge in [0, 0.05) is 0 Å². The fraction of sp³-hybridized carbons (Fsp3) is 0.0455. The third-order valence-corrected chi connectivity index (χ3v) is 3.87. The minimum Gasteiger partial charge on any atom is -1.00 e. The summed E-state index contributed by atoms with van der Waals surface area (Å²) < 4.78 is 0. The van der Waals surface area contributed by atoms with Crippen LogP contribution in [0.5, 0.6) is 0 Å². The fourth-order valence-electron chi connectivity index (χ4n) is 2.69. The van der Waals surface area contributed by atoms with E-state index in [4.69, 9.17) is 0 Å². The molecule has 0 aromatic heterocycles. The molecule has 4 rings (SSSR count). The van der Waals surface area contributed by atoms with Crippen LogP contribution in [0.1, 0.15) is 22.3 Å². The Bertz CT molecular complexity index is 732. The molecule has 0 atom stereocenters. The zero-order valence-corrected chi connectivity index (χ0v) is 17.8. The number of benzene rings is 2. The van der Waals surface area contributed by atoms with Gasteiger partial charge < -0.3 is 24.8 Å². The Morgan fingerprint density at radius 3 is 2.12 bits per heavy atom. The van der Waals surface area contributed by atoms with Gasteiger partial charge in [0.2, 0.25) is 0 Å².